The Balaban J connectivity index is 3.24. The number of rotatable bonds is 4. The van der Waals surface area contributed by atoms with Crippen LogP contribution in [0.1, 0.15) is 19.4 Å². The maximum absolute atomic E-state index is 12.0. The number of nitrogens with one attached hydrogen (secondary N) is 1. The second-order valence-corrected chi connectivity index (χ2v) is 4.56. The van der Waals surface area contributed by atoms with Crippen molar-refractivity contribution in [2.24, 2.45) is 0 Å². The monoisotopic (exact) mass is 275 g/mol. The third-order valence-electron chi connectivity index (χ3n) is 2.65. The lowest BCUT2D eigenvalue weighted by Gasteiger charge is -2.28. The number of benzene rings is 1. The van der Waals surface area contributed by atoms with Crippen LogP contribution in [0.15, 0.2) is 18.2 Å². The number of likely N-dealkylation sites (N-methyl/N-ethyl adjacent to an activating group) is 1. The van der Waals surface area contributed by atoms with Gasteiger partial charge in [0.05, 0.1) is 6.61 Å². The van der Waals surface area contributed by atoms with Crippen molar-refractivity contribution in [1.29, 1.82) is 0 Å². The van der Waals surface area contributed by atoms with Crippen LogP contribution < -0.4 is 5.32 Å². The largest absolute Gasteiger partial charge is 0.464 e. The van der Waals surface area contributed by atoms with Crippen LogP contribution in [0.2, 0.25) is 10.0 Å². The molecule has 0 bridgehead atoms. The molecule has 1 N–H and O–H groups in total. The first-order valence-corrected chi connectivity index (χ1v) is 6.03. The Bertz CT molecular complexity index is 423. The van der Waals surface area contributed by atoms with Crippen LogP contribution >= 0.6 is 23.2 Å². The number of carbonyl (C=O) groups is 1. The van der Waals surface area contributed by atoms with Crippen LogP contribution in [0.5, 0.6) is 0 Å². The summed E-state index contributed by atoms with van der Waals surface area (Å²) in [7, 11) is 1.67. The van der Waals surface area contributed by atoms with Crippen molar-refractivity contribution in [2.45, 2.75) is 19.4 Å². The lowest BCUT2D eigenvalue weighted by atomic mass is 9.92. The predicted octanol–water partition coefficient (Wildman–Crippen LogP) is 2.99. The van der Waals surface area contributed by atoms with Gasteiger partial charge < -0.3 is 10.1 Å². The third-order valence-corrected chi connectivity index (χ3v) is 3.22. The minimum Gasteiger partial charge on any atom is -0.464 e. The fourth-order valence-electron chi connectivity index (χ4n) is 1.50. The zero-order valence-corrected chi connectivity index (χ0v) is 11.5. The molecule has 0 spiro atoms. The number of esters is 1. The van der Waals surface area contributed by atoms with Gasteiger partial charge in [-0.1, -0.05) is 23.2 Å². The van der Waals surface area contributed by atoms with E-state index in [1.54, 1.807) is 39.1 Å². The standard InChI is InChI=1S/C12H15Cl2NO2/c1-4-17-11(16)12(2,15-3)9-7-8(13)5-6-10(9)14/h5-7,15H,4H2,1-3H3. The van der Waals surface area contributed by atoms with Crippen molar-refractivity contribution < 1.29 is 9.53 Å². The second-order valence-electron chi connectivity index (χ2n) is 3.72. The molecule has 0 aliphatic carbocycles. The second kappa shape index (κ2) is 5.71. The van der Waals surface area contributed by atoms with E-state index in [4.69, 9.17) is 27.9 Å². The van der Waals surface area contributed by atoms with Gasteiger partial charge in [-0.25, -0.2) is 4.79 Å². The van der Waals surface area contributed by atoms with Gasteiger partial charge >= 0.3 is 5.97 Å². The SMILES string of the molecule is CCOC(=O)C(C)(NC)c1cc(Cl)ccc1Cl. The van der Waals surface area contributed by atoms with Crippen LogP contribution in [0.4, 0.5) is 0 Å². The average Bonchev–Trinajstić information content (AvgIpc) is 2.31. The quantitative estimate of drug-likeness (QED) is 0.859. The molecule has 1 unspecified atom stereocenters. The van der Waals surface area contributed by atoms with Gasteiger partial charge in [0.25, 0.3) is 0 Å². The fraction of sp³-hybridized carbons (Fsp3) is 0.417. The molecule has 1 aromatic rings. The van der Waals surface area contributed by atoms with Crippen molar-refractivity contribution in [3.8, 4) is 0 Å². The first-order valence-electron chi connectivity index (χ1n) is 5.27. The normalized spacial score (nSPS) is 14.2. The first-order chi connectivity index (χ1) is 7.95. The predicted molar refractivity (Wildman–Crippen MR) is 69.5 cm³/mol. The van der Waals surface area contributed by atoms with E-state index in [2.05, 4.69) is 5.32 Å². The molecule has 5 heteroatoms. The molecule has 1 aromatic carbocycles. The van der Waals surface area contributed by atoms with Gasteiger partial charge in [0, 0.05) is 15.6 Å². The Morgan fingerprint density at radius 2 is 2.12 bits per heavy atom. The van der Waals surface area contributed by atoms with Gasteiger partial charge in [-0.3, -0.25) is 0 Å². The summed E-state index contributed by atoms with van der Waals surface area (Å²) >= 11 is 12.0. The van der Waals surface area contributed by atoms with E-state index in [-0.39, 0.29) is 5.97 Å². The van der Waals surface area contributed by atoms with Crippen molar-refractivity contribution in [2.75, 3.05) is 13.7 Å². The molecule has 0 aromatic heterocycles. The molecule has 0 saturated carbocycles. The van der Waals surface area contributed by atoms with Gasteiger partial charge in [-0.05, 0) is 39.1 Å². The summed E-state index contributed by atoms with van der Waals surface area (Å²) in [6.07, 6.45) is 0. The van der Waals surface area contributed by atoms with E-state index in [1.165, 1.54) is 0 Å². The van der Waals surface area contributed by atoms with E-state index in [0.29, 0.717) is 22.2 Å². The van der Waals surface area contributed by atoms with Crippen molar-refractivity contribution in [1.82, 2.24) is 5.32 Å². The van der Waals surface area contributed by atoms with E-state index >= 15 is 0 Å². The van der Waals surface area contributed by atoms with E-state index in [0.717, 1.165) is 0 Å². The molecule has 1 rings (SSSR count). The summed E-state index contributed by atoms with van der Waals surface area (Å²) in [5.41, 5.74) is -0.398. The molecule has 0 amide bonds. The smallest absolute Gasteiger partial charge is 0.330 e. The highest BCUT2D eigenvalue weighted by atomic mass is 35.5. The molecule has 0 aliphatic rings. The number of hydrogen-bond donors (Lipinski definition) is 1. The van der Waals surface area contributed by atoms with E-state index in [1.807, 2.05) is 0 Å². The minimum absolute atomic E-state index is 0.314. The maximum atomic E-state index is 12.0. The molecule has 0 radical (unpaired) electrons. The van der Waals surface area contributed by atoms with Crippen LogP contribution in [0, 0.1) is 0 Å². The zero-order chi connectivity index (χ0) is 13.1. The molecular weight excluding hydrogens is 261 g/mol. The van der Waals surface area contributed by atoms with Gasteiger partial charge in [-0.2, -0.15) is 0 Å². The fourth-order valence-corrected chi connectivity index (χ4v) is 1.98. The highest BCUT2D eigenvalue weighted by Gasteiger charge is 2.37. The summed E-state index contributed by atoms with van der Waals surface area (Å²) in [6, 6.07) is 5.00. The van der Waals surface area contributed by atoms with Crippen LogP contribution in [-0.4, -0.2) is 19.6 Å². The summed E-state index contributed by atoms with van der Waals surface area (Å²) in [5.74, 6) is -0.383. The molecule has 17 heavy (non-hydrogen) atoms. The Kier molecular flexibility index (Phi) is 4.80. The molecule has 0 saturated heterocycles. The maximum Gasteiger partial charge on any atom is 0.330 e. The number of ether oxygens (including phenoxy) is 1. The third kappa shape index (κ3) is 2.92. The Hall–Kier alpha value is -0.770. The van der Waals surface area contributed by atoms with E-state index < -0.39 is 5.54 Å². The molecule has 0 aliphatic heterocycles. The summed E-state index contributed by atoms with van der Waals surface area (Å²) in [5, 5.41) is 3.92. The van der Waals surface area contributed by atoms with Gasteiger partial charge in [0.15, 0.2) is 0 Å². The first kappa shape index (κ1) is 14.3. The van der Waals surface area contributed by atoms with Crippen molar-refractivity contribution in [3.05, 3.63) is 33.8 Å². The van der Waals surface area contributed by atoms with Gasteiger partial charge in [-0.15, -0.1) is 0 Å². The number of halogens is 2. The highest BCUT2D eigenvalue weighted by Crippen LogP contribution is 2.31. The molecule has 0 heterocycles. The Morgan fingerprint density at radius 3 is 2.65 bits per heavy atom. The van der Waals surface area contributed by atoms with Gasteiger partial charge in [0.2, 0.25) is 0 Å². The van der Waals surface area contributed by atoms with Crippen LogP contribution in [0.3, 0.4) is 0 Å². The summed E-state index contributed by atoms with van der Waals surface area (Å²) < 4.78 is 5.04. The average molecular weight is 276 g/mol. The Labute approximate surface area is 111 Å². The highest BCUT2D eigenvalue weighted by molar-refractivity contribution is 6.33. The summed E-state index contributed by atoms with van der Waals surface area (Å²) in [4.78, 5) is 12.0. The Morgan fingerprint density at radius 1 is 1.47 bits per heavy atom. The molecular formula is C12H15Cl2NO2. The van der Waals surface area contributed by atoms with Gasteiger partial charge in [0.1, 0.15) is 5.54 Å². The van der Waals surface area contributed by atoms with E-state index in [9.17, 15) is 4.79 Å². The molecule has 94 valence electrons. The van der Waals surface area contributed by atoms with Crippen LogP contribution in [0.25, 0.3) is 0 Å². The molecule has 1 atom stereocenters. The minimum atomic E-state index is -1.00. The molecule has 0 fully saturated rings. The summed E-state index contributed by atoms with van der Waals surface area (Å²) in [6.45, 7) is 3.78. The topological polar surface area (TPSA) is 38.3 Å². The van der Waals surface area contributed by atoms with Crippen molar-refractivity contribution >= 4 is 29.2 Å². The lowest BCUT2D eigenvalue weighted by Crippen LogP contribution is -2.46. The van der Waals surface area contributed by atoms with Crippen LogP contribution in [-0.2, 0) is 15.1 Å². The number of carbonyl (C=O) groups excluding carboxylic acids is 1. The lowest BCUT2D eigenvalue weighted by molar-refractivity contribution is -0.150. The molecule has 3 nitrogen and oxygen atoms in total. The van der Waals surface area contributed by atoms with Crippen molar-refractivity contribution in [3.63, 3.8) is 0 Å². The zero-order valence-electron chi connectivity index (χ0n) is 10.0. The number of hydrogen-bond acceptors (Lipinski definition) is 3.